The van der Waals surface area contributed by atoms with E-state index in [4.69, 9.17) is 20.2 Å². The summed E-state index contributed by atoms with van der Waals surface area (Å²) in [7, 11) is 0. The zero-order valence-corrected chi connectivity index (χ0v) is 18.4. The van der Waals surface area contributed by atoms with E-state index in [1.54, 1.807) is 13.2 Å². The van der Waals surface area contributed by atoms with E-state index in [9.17, 15) is 9.50 Å². The smallest absolute Gasteiger partial charge is 0.312 e. The number of benzene rings is 1. The molecule has 1 aromatic carbocycles. The van der Waals surface area contributed by atoms with Crippen LogP contribution in [-0.2, 0) is 16.0 Å². The van der Waals surface area contributed by atoms with Gasteiger partial charge in [0, 0.05) is 10.1 Å². The Labute approximate surface area is 186 Å². The van der Waals surface area contributed by atoms with E-state index >= 15 is 0 Å². The Morgan fingerprint density at radius 1 is 1.30 bits per heavy atom. The molecule has 0 spiro atoms. The van der Waals surface area contributed by atoms with E-state index in [-0.39, 0.29) is 12.6 Å². The zero-order valence-electron chi connectivity index (χ0n) is 16.3. The number of aromatic nitrogens is 4. The summed E-state index contributed by atoms with van der Waals surface area (Å²) in [5.74, 6) is 0.775. The first-order chi connectivity index (χ1) is 14.5. The third-order valence-corrected chi connectivity index (χ3v) is 5.86. The minimum absolute atomic E-state index is 0.0212. The van der Waals surface area contributed by atoms with E-state index in [1.807, 2.05) is 28.8 Å². The highest BCUT2D eigenvalue weighted by molar-refractivity contribution is 14.1. The van der Waals surface area contributed by atoms with Crippen LogP contribution >= 0.6 is 22.6 Å². The van der Waals surface area contributed by atoms with Gasteiger partial charge < -0.3 is 24.9 Å². The van der Waals surface area contributed by atoms with Gasteiger partial charge in [-0.05, 0) is 54.0 Å². The highest BCUT2D eigenvalue weighted by Gasteiger charge is 2.32. The standard InChI is InChI=1S/C20H21FIN5O3/c1-11(28)5-4-8-27-18(24-16-17(23)25-20(21)26-19(16)27)15(14-9-29-10-30-14)12-6-2-3-7-13(12)22/h2-3,6-7,9,11,15,28H,4-5,8,10H2,1H3,(H2,23,25,26). The Morgan fingerprint density at radius 2 is 2.10 bits per heavy atom. The van der Waals surface area contributed by atoms with E-state index in [0.717, 1.165) is 9.13 Å². The quantitative estimate of drug-likeness (QED) is 0.360. The van der Waals surface area contributed by atoms with E-state index < -0.39 is 18.1 Å². The molecule has 0 aliphatic carbocycles. The van der Waals surface area contributed by atoms with Crippen molar-refractivity contribution in [2.45, 2.75) is 38.3 Å². The number of anilines is 1. The molecular formula is C20H21FIN5O3. The maximum atomic E-state index is 14.0. The molecule has 4 rings (SSSR count). The molecule has 2 atom stereocenters. The van der Waals surface area contributed by atoms with Crippen LogP contribution in [0.15, 0.2) is 36.3 Å². The van der Waals surface area contributed by atoms with E-state index in [1.165, 1.54) is 0 Å². The van der Waals surface area contributed by atoms with Crippen LogP contribution in [0.25, 0.3) is 11.2 Å². The third-order valence-electron chi connectivity index (χ3n) is 4.88. The van der Waals surface area contributed by atoms with Crippen molar-refractivity contribution in [2.24, 2.45) is 0 Å². The predicted molar refractivity (Wildman–Crippen MR) is 117 cm³/mol. The van der Waals surface area contributed by atoms with Gasteiger partial charge in [0.1, 0.15) is 23.8 Å². The molecule has 0 radical (unpaired) electrons. The number of aryl methyl sites for hydroxylation is 1. The molecular weight excluding hydrogens is 504 g/mol. The minimum Gasteiger partial charge on any atom is -0.462 e. The number of nitrogens with zero attached hydrogens (tertiary/aromatic N) is 4. The summed E-state index contributed by atoms with van der Waals surface area (Å²) in [5.41, 5.74) is 7.57. The Bertz CT molecular complexity index is 1100. The number of nitrogens with two attached hydrogens (primary N) is 1. The van der Waals surface area contributed by atoms with E-state index in [0.29, 0.717) is 42.1 Å². The molecule has 2 aromatic heterocycles. The van der Waals surface area contributed by atoms with Crippen LogP contribution < -0.4 is 5.73 Å². The summed E-state index contributed by atoms with van der Waals surface area (Å²) in [6.45, 7) is 2.32. The van der Waals surface area contributed by atoms with Gasteiger partial charge in [-0.2, -0.15) is 14.4 Å². The molecule has 0 fully saturated rings. The van der Waals surface area contributed by atoms with Crippen molar-refractivity contribution in [3.8, 4) is 0 Å². The van der Waals surface area contributed by atoms with Gasteiger partial charge in [0.15, 0.2) is 17.0 Å². The van der Waals surface area contributed by atoms with Gasteiger partial charge in [0.2, 0.25) is 6.79 Å². The van der Waals surface area contributed by atoms with Crippen LogP contribution in [0.2, 0.25) is 0 Å². The molecule has 8 nitrogen and oxygen atoms in total. The van der Waals surface area contributed by atoms with Gasteiger partial charge in [-0.25, -0.2) is 4.98 Å². The molecule has 0 saturated heterocycles. The summed E-state index contributed by atoms with van der Waals surface area (Å²) in [4.78, 5) is 12.3. The summed E-state index contributed by atoms with van der Waals surface area (Å²) in [6.07, 6.45) is 1.45. The lowest BCUT2D eigenvalue weighted by atomic mass is 9.96. The van der Waals surface area contributed by atoms with Crippen LogP contribution in [-0.4, -0.2) is 37.5 Å². The maximum absolute atomic E-state index is 14.0. The largest absolute Gasteiger partial charge is 0.462 e. The molecule has 0 bridgehead atoms. The molecule has 0 amide bonds. The van der Waals surface area contributed by atoms with Gasteiger partial charge in [-0.15, -0.1) is 0 Å². The minimum atomic E-state index is -0.909. The molecule has 0 saturated carbocycles. The second-order valence-electron chi connectivity index (χ2n) is 7.07. The number of ether oxygens (including phenoxy) is 2. The number of hydrogen-bond acceptors (Lipinski definition) is 7. The fourth-order valence-electron chi connectivity index (χ4n) is 3.53. The van der Waals surface area contributed by atoms with Crippen molar-refractivity contribution in [3.63, 3.8) is 0 Å². The topological polar surface area (TPSA) is 108 Å². The fraction of sp³-hybridized carbons (Fsp3) is 0.350. The average molecular weight is 525 g/mol. The molecule has 1 aliphatic heterocycles. The highest BCUT2D eigenvalue weighted by Crippen LogP contribution is 2.38. The third kappa shape index (κ3) is 4.06. The number of imidazole rings is 1. The molecule has 1 aliphatic rings. The molecule has 10 heteroatoms. The van der Waals surface area contributed by atoms with Gasteiger partial charge in [-0.1, -0.05) is 18.2 Å². The Morgan fingerprint density at radius 3 is 2.80 bits per heavy atom. The summed E-state index contributed by atoms with van der Waals surface area (Å²) >= 11 is 2.26. The molecule has 3 N–H and O–H groups in total. The highest BCUT2D eigenvalue weighted by atomic mass is 127. The van der Waals surface area contributed by atoms with Crippen LogP contribution in [0.4, 0.5) is 10.2 Å². The van der Waals surface area contributed by atoms with Crippen LogP contribution in [0.1, 0.15) is 37.1 Å². The van der Waals surface area contributed by atoms with Crippen LogP contribution in [0.3, 0.4) is 0 Å². The van der Waals surface area contributed by atoms with Gasteiger partial charge in [-0.3, -0.25) is 0 Å². The summed E-state index contributed by atoms with van der Waals surface area (Å²) in [6, 6.07) is 7.87. The number of allylic oxidation sites excluding steroid dienone is 1. The number of halogens is 2. The molecule has 3 aromatic rings. The number of fused-ring (bicyclic) bond motifs is 1. The normalized spacial score (nSPS) is 15.5. The van der Waals surface area contributed by atoms with Crippen molar-refractivity contribution in [3.05, 3.63) is 57.3 Å². The first kappa shape index (κ1) is 20.8. The number of nitrogen functional groups attached to an aromatic ring is 1. The lowest BCUT2D eigenvalue weighted by molar-refractivity contribution is 0.0764. The Hall–Kier alpha value is -2.47. The predicted octanol–water partition coefficient (Wildman–Crippen LogP) is 3.29. The molecule has 158 valence electrons. The number of rotatable bonds is 7. The lowest BCUT2D eigenvalue weighted by Gasteiger charge is -2.20. The average Bonchev–Trinajstić information content (AvgIpc) is 3.33. The lowest BCUT2D eigenvalue weighted by Crippen LogP contribution is -2.15. The first-order valence-electron chi connectivity index (χ1n) is 9.51. The Kier molecular flexibility index (Phi) is 6.04. The van der Waals surface area contributed by atoms with Crippen molar-refractivity contribution >= 4 is 39.6 Å². The number of aliphatic hydroxyl groups excluding tert-OH is 1. The SMILES string of the molecule is CC(O)CCCn1c(C(C2=COCO2)c2ccccc2I)nc2c(N)nc(F)nc21. The van der Waals surface area contributed by atoms with Crippen molar-refractivity contribution in [1.82, 2.24) is 19.5 Å². The van der Waals surface area contributed by atoms with E-state index in [2.05, 4.69) is 32.6 Å². The van der Waals surface area contributed by atoms with Gasteiger partial charge >= 0.3 is 6.08 Å². The van der Waals surface area contributed by atoms with Crippen molar-refractivity contribution < 1.29 is 19.0 Å². The second kappa shape index (κ2) is 8.72. The first-order valence-corrected chi connectivity index (χ1v) is 10.6. The van der Waals surface area contributed by atoms with Gasteiger partial charge in [0.25, 0.3) is 0 Å². The summed E-state index contributed by atoms with van der Waals surface area (Å²) in [5, 5.41) is 9.67. The van der Waals surface area contributed by atoms with Crippen LogP contribution in [0, 0.1) is 9.65 Å². The monoisotopic (exact) mass is 525 g/mol. The fourth-order valence-corrected chi connectivity index (χ4v) is 4.23. The summed E-state index contributed by atoms with van der Waals surface area (Å²) < 4.78 is 27.9. The van der Waals surface area contributed by atoms with Gasteiger partial charge in [0.05, 0.1) is 6.10 Å². The molecule has 3 heterocycles. The maximum Gasteiger partial charge on any atom is 0.312 e. The zero-order chi connectivity index (χ0) is 21.3. The molecule has 30 heavy (non-hydrogen) atoms. The van der Waals surface area contributed by atoms with Crippen LogP contribution in [0.5, 0.6) is 0 Å². The number of aliphatic hydroxyl groups is 1. The van der Waals surface area contributed by atoms with Crippen molar-refractivity contribution in [1.29, 1.82) is 0 Å². The number of hydrogen-bond donors (Lipinski definition) is 2. The molecule has 2 unspecified atom stereocenters. The second-order valence-corrected chi connectivity index (χ2v) is 8.23. The van der Waals surface area contributed by atoms with Crippen molar-refractivity contribution in [2.75, 3.05) is 12.5 Å². The Balaban J connectivity index is 1.91.